The minimum atomic E-state index is -2.87. The molecule has 4 nitrogen and oxygen atoms in total. The van der Waals surface area contributed by atoms with Crippen molar-refractivity contribution in [3.8, 4) is 0 Å². The fourth-order valence-corrected chi connectivity index (χ4v) is 2.39. The summed E-state index contributed by atoms with van der Waals surface area (Å²) in [7, 11) is -2.87. The third-order valence-electron chi connectivity index (χ3n) is 2.82. The predicted molar refractivity (Wildman–Crippen MR) is 67.2 cm³/mol. The van der Waals surface area contributed by atoms with Gasteiger partial charge in [-0.1, -0.05) is 6.92 Å². The molecule has 1 unspecified atom stereocenters. The number of hydrogen-bond acceptors (Lipinski definition) is 4. The highest BCUT2D eigenvalue weighted by Crippen LogP contribution is 2.17. The summed E-state index contributed by atoms with van der Waals surface area (Å²) < 4.78 is 28.1. The molecule has 0 amide bonds. The van der Waals surface area contributed by atoms with Crippen molar-refractivity contribution >= 4 is 9.84 Å². The number of ether oxygens (including phenoxy) is 1. The van der Waals surface area contributed by atoms with Crippen molar-refractivity contribution in [2.45, 2.75) is 52.2 Å². The predicted octanol–water partition coefficient (Wildman–Crippen LogP) is 1.34. The van der Waals surface area contributed by atoms with Crippen molar-refractivity contribution < 1.29 is 13.2 Å². The van der Waals surface area contributed by atoms with Gasteiger partial charge in [-0.25, -0.2) is 8.42 Å². The van der Waals surface area contributed by atoms with Crippen molar-refractivity contribution in [2.75, 3.05) is 18.1 Å². The van der Waals surface area contributed by atoms with Crippen LogP contribution in [0.1, 0.15) is 40.5 Å². The zero-order valence-corrected chi connectivity index (χ0v) is 11.6. The Bertz CT molecular complexity index is 286. The van der Waals surface area contributed by atoms with Gasteiger partial charge in [0, 0.05) is 18.4 Å². The maximum absolute atomic E-state index is 11.3. The molecule has 98 valence electrons. The topological polar surface area (TPSA) is 69.4 Å². The summed E-state index contributed by atoms with van der Waals surface area (Å²) in [6.07, 6.45) is 1.28. The van der Waals surface area contributed by atoms with Crippen LogP contribution >= 0.6 is 0 Å². The van der Waals surface area contributed by atoms with E-state index < -0.39 is 9.84 Å². The molecule has 0 aromatic heterocycles. The van der Waals surface area contributed by atoms with E-state index in [9.17, 15) is 8.42 Å². The van der Waals surface area contributed by atoms with E-state index in [1.807, 2.05) is 20.8 Å². The monoisotopic (exact) mass is 251 g/mol. The Balaban J connectivity index is 4.03. The van der Waals surface area contributed by atoms with Gasteiger partial charge < -0.3 is 10.5 Å². The maximum Gasteiger partial charge on any atom is 0.150 e. The minimum Gasteiger partial charge on any atom is -0.374 e. The molecule has 0 aromatic carbocycles. The zero-order chi connectivity index (χ0) is 12.8. The second-order valence-electron chi connectivity index (χ2n) is 4.52. The summed E-state index contributed by atoms with van der Waals surface area (Å²) in [6.45, 7) is 8.09. The van der Waals surface area contributed by atoms with Crippen LogP contribution in [0.3, 0.4) is 0 Å². The quantitative estimate of drug-likeness (QED) is 0.707. The molecule has 0 aliphatic heterocycles. The van der Waals surface area contributed by atoms with Crippen LogP contribution in [0.4, 0.5) is 0 Å². The normalized spacial score (nSPS) is 15.1. The molecule has 0 aliphatic carbocycles. The van der Waals surface area contributed by atoms with Gasteiger partial charge in [-0.15, -0.1) is 0 Å². The van der Waals surface area contributed by atoms with Crippen LogP contribution in [-0.4, -0.2) is 38.2 Å². The number of rotatable bonds is 8. The fraction of sp³-hybridized carbons (Fsp3) is 1.00. The SMILES string of the molecule is CCOC(C)(C)C(N)CCCS(=O)(=O)CC. The first-order valence-electron chi connectivity index (χ1n) is 5.85. The van der Waals surface area contributed by atoms with E-state index in [0.717, 1.165) is 0 Å². The van der Waals surface area contributed by atoms with Crippen molar-refractivity contribution in [3.63, 3.8) is 0 Å². The lowest BCUT2D eigenvalue weighted by molar-refractivity contribution is -0.0307. The summed E-state index contributed by atoms with van der Waals surface area (Å²) in [5.74, 6) is 0.427. The number of hydrogen-bond donors (Lipinski definition) is 1. The molecule has 0 spiro atoms. The summed E-state index contributed by atoms with van der Waals surface area (Å²) in [5.41, 5.74) is 5.60. The van der Waals surface area contributed by atoms with Crippen LogP contribution in [0.15, 0.2) is 0 Å². The highest BCUT2D eigenvalue weighted by Gasteiger charge is 2.26. The smallest absolute Gasteiger partial charge is 0.150 e. The maximum atomic E-state index is 11.3. The molecule has 0 heterocycles. The van der Waals surface area contributed by atoms with Crippen molar-refractivity contribution in [1.82, 2.24) is 0 Å². The highest BCUT2D eigenvalue weighted by molar-refractivity contribution is 7.91. The first-order valence-corrected chi connectivity index (χ1v) is 7.67. The second kappa shape index (κ2) is 6.57. The molecule has 0 bridgehead atoms. The van der Waals surface area contributed by atoms with Gasteiger partial charge in [-0.05, 0) is 33.6 Å². The summed E-state index contributed by atoms with van der Waals surface area (Å²) >= 11 is 0. The molecular formula is C11H25NO3S. The van der Waals surface area contributed by atoms with Crippen LogP contribution in [0.25, 0.3) is 0 Å². The molecule has 16 heavy (non-hydrogen) atoms. The molecule has 0 saturated carbocycles. The van der Waals surface area contributed by atoms with Crippen molar-refractivity contribution in [1.29, 1.82) is 0 Å². The van der Waals surface area contributed by atoms with E-state index in [4.69, 9.17) is 10.5 Å². The molecule has 0 saturated heterocycles. The van der Waals surface area contributed by atoms with Gasteiger partial charge in [-0.2, -0.15) is 0 Å². The van der Waals surface area contributed by atoms with Crippen LogP contribution in [0.2, 0.25) is 0 Å². The largest absolute Gasteiger partial charge is 0.374 e. The van der Waals surface area contributed by atoms with Crippen LogP contribution < -0.4 is 5.73 Å². The first-order chi connectivity index (χ1) is 7.25. The van der Waals surface area contributed by atoms with E-state index in [2.05, 4.69) is 0 Å². The molecule has 1 atom stereocenters. The van der Waals surface area contributed by atoms with Gasteiger partial charge in [0.25, 0.3) is 0 Å². The third-order valence-corrected chi connectivity index (χ3v) is 4.61. The van der Waals surface area contributed by atoms with Gasteiger partial charge in [0.05, 0.1) is 11.4 Å². The average molecular weight is 251 g/mol. The van der Waals surface area contributed by atoms with Gasteiger partial charge in [0.1, 0.15) is 9.84 Å². The summed E-state index contributed by atoms with van der Waals surface area (Å²) in [5, 5.41) is 0. The molecule has 0 rings (SSSR count). The van der Waals surface area contributed by atoms with Crippen LogP contribution in [-0.2, 0) is 14.6 Å². The van der Waals surface area contributed by atoms with E-state index >= 15 is 0 Å². The Morgan fingerprint density at radius 2 is 1.88 bits per heavy atom. The Labute approximate surface area is 99.5 Å². The van der Waals surface area contributed by atoms with Crippen LogP contribution in [0, 0.1) is 0 Å². The van der Waals surface area contributed by atoms with E-state index in [1.54, 1.807) is 6.92 Å². The lowest BCUT2D eigenvalue weighted by Gasteiger charge is -2.31. The van der Waals surface area contributed by atoms with Gasteiger partial charge in [0.2, 0.25) is 0 Å². The summed E-state index contributed by atoms with van der Waals surface area (Å²) in [6, 6.07) is -0.125. The number of sulfone groups is 1. The minimum absolute atomic E-state index is 0.125. The molecule has 0 aliphatic rings. The van der Waals surface area contributed by atoms with E-state index in [0.29, 0.717) is 19.4 Å². The standard InChI is InChI=1S/C11H25NO3S/c1-5-15-11(3,4)10(12)8-7-9-16(13,14)6-2/h10H,5-9,12H2,1-4H3. The molecule has 2 N–H and O–H groups in total. The third kappa shape index (κ3) is 5.82. The van der Waals surface area contributed by atoms with Crippen molar-refractivity contribution in [3.05, 3.63) is 0 Å². The van der Waals surface area contributed by atoms with Crippen LogP contribution in [0.5, 0.6) is 0 Å². The molecule has 5 heteroatoms. The Morgan fingerprint density at radius 3 is 2.31 bits per heavy atom. The van der Waals surface area contributed by atoms with Crippen molar-refractivity contribution in [2.24, 2.45) is 5.73 Å². The van der Waals surface area contributed by atoms with Gasteiger partial charge >= 0.3 is 0 Å². The first kappa shape index (κ1) is 15.9. The second-order valence-corrected chi connectivity index (χ2v) is 6.99. The molecule has 0 radical (unpaired) electrons. The van der Waals surface area contributed by atoms with Gasteiger partial charge in [-0.3, -0.25) is 0 Å². The Kier molecular flexibility index (Phi) is 6.51. The Hall–Kier alpha value is -0.130. The van der Waals surface area contributed by atoms with E-state index in [1.165, 1.54) is 0 Å². The lowest BCUT2D eigenvalue weighted by atomic mass is 9.95. The molecule has 0 aromatic rings. The highest BCUT2D eigenvalue weighted by atomic mass is 32.2. The summed E-state index contributed by atoms with van der Waals surface area (Å²) in [4.78, 5) is 0. The van der Waals surface area contributed by atoms with E-state index in [-0.39, 0.29) is 23.1 Å². The molecule has 0 fully saturated rings. The van der Waals surface area contributed by atoms with Gasteiger partial charge in [0.15, 0.2) is 0 Å². The average Bonchev–Trinajstić information content (AvgIpc) is 2.17. The fourth-order valence-electron chi connectivity index (χ4n) is 1.49. The zero-order valence-electron chi connectivity index (χ0n) is 10.8. The Morgan fingerprint density at radius 1 is 1.31 bits per heavy atom. The number of nitrogens with two attached hydrogens (primary N) is 1. The lowest BCUT2D eigenvalue weighted by Crippen LogP contribution is -2.45. The molecular weight excluding hydrogens is 226 g/mol.